The average molecular weight is 329 g/mol. The summed E-state index contributed by atoms with van der Waals surface area (Å²) < 4.78 is 2.77. The first-order valence-electron chi connectivity index (χ1n) is 6.34. The van der Waals surface area contributed by atoms with Gasteiger partial charge in [-0.3, -0.25) is 9.48 Å². The standard InChI is InChI=1S/C16H13BrN2O/c1-19-14-5-3-2-4-13(14)16(18-19)15(20)10-11-6-8-12(17)9-7-11/h2-9H,10H2,1H3. The Morgan fingerprint density at radius 2 is 1.85 bits per heavy atom. The predicted molar refractivity (Wildman–Crippen MR) is 82.9 cm³/mol. The number of aryl methyl sites for hydroxylation is 1. The second-order valence-electron chi connectivity index (χ2n) is 4.72. The fourth-order valence-corrected chi connectivity index (χ4v) is 2.56. The van der Waals surface area contributed by atoms with Crippen LogP contribution in [0.15, 0.2) is 53.0 Å². The van der Waals surface area contributed by atoms with Gasteiger partial charge in [-0.1, -0.05) is 46.3 Å². The molecule has 0 aliphatic rings. The maximum absolute atomic E-state index is 12.4. The van der Waals surface area contributed by atoms with Gasteiger partial charge >= 0.3 is 0 Å². The van der Waals surface area contributed by atoms with Crippen LogP contribution in [0.25, 0.3) is 10.9 Å². The molecule has 0 unspecified atom stereocenters. The molecule has 0 fully saturated rings. The zero-order chi connectivity index (χ0) is 14.1. The van der Waals surface area contributed by atoms with Crippen LogP contribution in [0, 0.1) is 0 Å². The molecule has 3 nitrogen and oxygen atoms in total. The topological polar surface area (TPSA) is 34.9 Å². The van der Waals surface area contributed by atoms with E-state index < -0.39 is 0 Å². The number of nitrogens with zero attached hydrogens (tertiary/aromatic N) is 2. The highest BCUT2D eigenvalue weighted by Gasteiger charge is 2.15. The zero-order valence-corrected chi connectivity index (χ0v) is 12.6. The molecule has 0 amide bonds. The van der Waals surface area contributed by atoms with E-state index >= 15 is 0 Å². The molecule has 3 rings (SSSR count). The Balaban J connectivity index is 1.95. The molecule has 0 radical (unpaired) electrons. The summed E-state index contributed by atoms with van der Waals surface area (Å²) >= 11 is 3.39. The number of benzene rings is 2. The van der Waals surface area contributed by atoms with Crippen LogP contribution in [0.3, 0.4) is 0 Å². The first-order valence-corrected chi connectivity index (χ1v) is 7.14. The first-order chi connectivity index (χ1) is 9.65. The number of rotatable bonds is 3. The minimum atomic E-state index is 0.0455. The molecule has 0 atom stereocenters. The monoisotopic (exact) mass is 328 g/mol. The van der Waals surface area contributed by atoms with Gasteiger partial charge in [-0.05, 0) is 23.8 Å². The highest BCUT2D eigenvalue weighted by atomic mass is 79.9. The van der Waals surface area contributed by atoms with Crippen molar-refractivity contribution in [2.24, 2.45) is 7.05 Å². The quantitative estimate of drug-likeness (QED) is 0.686. The highest BCUT2D eigenvalue weighted by molar-refractivity contribution is 9.10. The molecule has 20 heavy (non-hydrogen) atoms. The Labute approximate surface area is 125 Å². The van der Waals surface area contributed by atoms with Crippen LogP contribution in [0.2, 0.25) is 0 Å². The maximum atomic E-state index is 12.4. The molecule has 0 saturated carbocycles. The van der Waals surface area contributed by atoms with Crippen molar-refractivity contribution < 1.29 is 4.79 Å². The molecule has 0 aliphatic heterocycles. The van der Waals surface area contributed by atoms with Crippen molar-refractivity contribution in [1.29, 1.82) is 0 Å². The number of ketones is 1. The zero-order valence-electron chi connectivity index (χ0n) is 11.0. The third kappa shape index (κ3) is 2.39. The summed E-state index contributed by atoms with van der Waals surface area (Å²) in [6.07, 6.45) is 0.369. The molecule has 0 bridgehead atoms. The van der Waals surface area contributed by atoms with Crippen LogP contribution < -0.4 is 0 Å². The minimum Gasteiger partial charge on any atom is -0.292 e. The van der Waals surface area contributed by atoms with Crippen LogP contribution in [-0.4, -0.2) is 15.6 Å². The number of carbonyl (C=O) groups excluding carboxylic acids is 1. The summed E-state index contributed by atoms with van der Waals surface area (Å²) in [6.45, 7) is 0. The third-order valence-electron chi connectivity index (χ3n) is 3.30. The van der Waals surface area contributed by atoms with Gasteiger partial charge in [0.1, 0.15) is 5.69 Å². The van der Waals surface area contributed by atoms with E-state index in [0.717, 1.165) is 20.9 Å². The van der Waals surface area contributed by atoms with Gasteiger partial charge in [0.05, 0.1) is 5.52 Å². The molecule has 100 valence electrons. The Kier molecular flexibility index (Phi) is 3.40. The lowest BCUT2D eigenvalue weighted by Crippen LogP contribution is -2.05. The van der Waals surface area contributed by atoms with E-state index in [1.165, 1.54) is 0 Å². The van der Waals surface area contributed by atoms with E-state index in [1.54, 1.807) is 4.68 Å². The Morgan fingerprint density at radius 1 is 1.15 bits per heavy atom. The molecular weight excluding hydrogens is 316 g/mol. The van der Waals surface area contributed by atoms with Gasteiger partial charge in [-0.2, -0.15) is 5.10 Å². The molecule has 1 heterocycles. The molecule has 3 aromatic rings. The Bertz CT molecular complexity index is 775. The number of aromatic nitrogens is 2. The Hall–Kier alpha value is -1.94. The summed E-state index contributed by atoms with van der Waals surface area (Å²) in [7, 11) is 1.86. The molecule has 4 heteroatoms. The number of carbonyl (C=O) groups is 1. The molecule has 2 aromatic carbocycles. The van der Waals surface area contributed by atoms with Gasteiger partial charge in [0.2, 0.25) is 0 Å². The largest absolute Gasteiger partial charge is 0.292 e. The number of hydrogen-bond donors (Lipinski definition) is 0. The molecule has 0 N–H and O–H groups in total. The summed E-state index contributed by atoms with van der Waals surface area (Å²) in [5, 5.41) is 5.28. The summed E-state index contributed by atoms with van der Waals surface area (Å²) in [6, 6.07) is 15.6. The van der Waals surface area contributed by atoms with Gasteiger partial charge in [0.15, 0.2) is 5.78 Å². The van der Waals surface area contributed by atoms with Crippen molar-refractivity contribution in [2.45, 2.75) is 6.42 Å². The van der Waals surface area contributed by atoms with Crippen LogP contribution in [0.4, 0.5) is 0 Å². The first kappa shape index (κ1) is 13.1. The van der Waals surface area contributed by atoms with E-state index in [2.05, 4.69) is 21.0 Å². The molecular formula is C16H13BrN2O. The maximum Gasteiger partial charge on any atom is 0.188 e. The lowest BCUT2D eigenvalue weighted by atomic mass is 10.0. The minimum absolute atomic E-state index is 0.0455. The third-order valence-corrected chi connectivity index (χ3v) is 3.83. The number of Topliss-reactive ketones (excluding diaryl/α,β-unsaturated/α-hetero) is 1. The van der Waals surface area contributed by atoms with E-state index in [4.69, 9.17) is 0 Å². The lowest BCUT2D eigenvalue weighted by Gasteiger charge is -2.00. The van der Waals surface area contributed by atoms with E-state index in [1.807, 2.05) is 55.6 Å². The fourth-order valence-electron chi connectivity index (χ4n) is 2.29. The van der Waals surface area contributed by atoms with Crippen LogP contribution in [0.1, 0.15) is 16.1 Å². The number of para-hydroxylation sites is 1. The van der Waals surface area contributed by atoms with Crippen LogP contribution >= 0.6 is 15.9 Å². The summed E-state index contributed by atoms with van der Waals surface area (Å²) in [4.78, 5) is 12.4. The van der Waals surface area contributed by atoms with Crippen molar-refractivity contribution >= 4 is 32.6 Å². The highest BCUT2D eigenvalue weighted by Crippen LogP contribution is 2.19. The number of hydrogen-bond acceptors (Lipinski definition) is 2. The van der Waals surface area contributed by atoms with Gasteiger partial charge in [0.25, 0.3) is 0 Å². The fraction of sp³-hybridized carbons (Fsp3) is 0.125. The molecule has 0 saturated heterocycles. The number of fused-ring (bicyclic) bond motifs is 1. The van der Waals surface area contributed by atoms with Gasteiger partial charge < -0.3 is 0 Å². The second-order valence-corrected chi connectivity index (χ2v) is 5.63. The number of halogens is 1. The van der Waals surface area contributed by atoms with E-state index in [0.29, 0.717) is 12.1 Å². The van der Waals surface area contributed by atoms with Crippen LogP contribution in [-0.2, 0) is 13.5 Å². The summed E-state index contributed by atoms with van der Waals surface area (Å²) in [5.74, 6) is 0.0455. The average Bonchev–Trinajstić information content (AvgIpc) is 2.79. The smallest absolute Gasteiger partial charge is 0.188 e. The van der Waals surface area contributed by atoms with Gasteiger partial charge in [0, 0.05) is 23.3 Å². The lowest BCUT2D eigenvalue weighted by molar-refractivity contribution is 0.0989. The SMILES string of the molecule is Cn1nc(C(=O)Cc2ccc(Br)cc2)c2ccccc21. The molecule has 0 spiro atoms. The van der Waals surface area contributed by atoms with Crippen LogP contribution in [0.5, 0.6) is 0 Å². The van der Waals surface area contributed by atoms with Crippen molar-refractivity contribution in [2.75, 3.05) is 0 Å². The van der Waals surface area contributed by atoms with E-state index in [-0.39, 0.29) is 5.78 Å². The summed E-state index contributed by atoms with van der Waals surface area (Å²) in [5.41, 5.74) is 2.52. The molecule has 0 aliphatic carbocycles. The van der Waals surface area contributed by atoms with E-state index in [9.17, 15) is 4.79 Å². The van der Waals surface area contributed by atoms with Crippen molar-refractivity contribution in [3.63, 3.8) is 0 Å². The Morgan fingerprint density at radius 3 is 2.60 bits per heavy atom. The van der Waals surface area contributed by atoms with Crippen molar-refractivity contribution in [3.8, 4) is 0 Å². The normalized spacial score (nSPS) is 10.9. The van der Waals surface area contributed by atoms with Gasteiger partial charge in [-0.25, -0.2) is 0 Å². The predicted octanol–water partition coefficient (Wildman–Crippen LogP) is 3.76. The second kappa shape index (κ2) is 5.21. The molecule has 1 aromatic heterocycles. The van der Waals surface area contributed by atoms with Crippen molar-refractivity contribution in [1.82, 2.24) is 9.78 Å². The van der Waals surface area contributed by atoms with Crippen molar-refractivity contribution in [3.05, 3.63) is 64.3 Å². The van der Waals surface area contributed by atoms with Gasteiger partial charge in [-0.15, -0.1) is 0 Å².